The van der Waals surface area contributed by atoms with Crippen LogP contribution in [0.4, 0.5) is 4.39 Å². The van der Waals surface area contributed by atoms with Gasteiger partial charge in [-0.15, -0.1) is 0 Å². The first kappa shape index (κ1) is 21.9. The van der Waals surface area contributed by atoms with Crippen molar-refractivity contribution in [1.29, 1.82) is 0 Å². The second-order valence-electron chi connectivity index (χ2n) is 10.4. The Hall–Kier alpha value is -1.29. The van der Waals surface area contributed by atoms with Crippen molar-refractivity contribution in [3.05, 3.63) is 50.8 Å². The quantitative estimate of drug-likeness (QED) is 0.496. The van der Waals surface area contributed by atoms with E-state index in [0.29, 0.717) is 17.5 Å². The Labute approximate surface area is 189 Å². The number of carbonyl (C=O) groups excluding carboxylic acids is 1. The van der Waals surface area contributed by atoms with Gasteiger partial charge in [-0.3, -0.25) is 10.5 Å². The van der Waals surface area contributed by atoms with Gasteiger partial charge in [0.25, 0.3) is 5.91 Å². The van der Waals surface area contributed by atoms with Gasteiger partial charge in [-0.25, -0.2) is 4.39 Å². The van der Waals surface area contributed by atoms with Crippen molar-refractivity contribution in [1.82, 2.24) is 5.73 Å². The number of nitrogens with one attached hydrogen (secondary N) is 1. The first-order chi connectivity index (χ1) is 13.7. The summed E-state index contributed by atoms with van der Waals surface area (Å²) in [6, 6.07) is 5.36. The van der Waals surface area contributed by atoms with Crippen LogP contribution >= 0.6 is 15.9 Å². The molecule has 2 aromatic rings. The lowest BCUT2D eigenvalue weighted by Gasteiger charge is -2.54. The number of halogens is 2. The number of allylic oxidation sites excluding steroid dienone is 1. The van der Waals surface area contributed by atoms with Crippen LogP contribution in [0.5, 0.6) is 0 Å². The topological polar surface area (TPSA) is 40.9 Å². The van der Waals surface area contributed by atoms with Crippen molar-refractivity contribution in [3.8, 4) is 11.1 Å². The molecular formula is C23H28BrFNOSi3. The highest BCUT2D eigenvalue weighted by Gasteiger charge is 2.59. The van der Waals surface area contributed by atoms with Gasteiger partial charge in [0.15, 0.2) is 0 Å². The molecule has 1 amide bonds. The average Bonchev–Trinajstić information content (AvgIpc) is 3.02. The van der Waals surface area contributed by atoms with Crippen LogP contribution < -0.4 is 16.1 Å². The molecule has 1 N–H and O–H groups in total. The lowest BCUT2D eigenvalue weighted by Crippen LogP contribution is -2.82. The lowest BCUT2D eigenvalue weighted by molar-refractivity contribution is 0.0993. The van der Waals surface area contributed by atoms with Crippen LogP contribution in [0.25, 0.3) is 17.2 Å². The summed E-state index contributed by atoms with van der Waals surface area (Å²) in [4.78, 5) is 12.6. The molecule has 1 aliphatic carbocycles. The third-order valence-corrected chi connectivity index (χ3v) is 51.2. The molecule has 157 valence electrons. The van der Waals surface area contributed by atoms with Crippen LogP contribution in [0.15, 0.2) is 28.2 Å². The molecule has 2 aromatic carbocycles. The third kappa shape index (κ3) is 2.64. The molecule has 2 nitrogen and oxygen atoms in total. The molecule has 0 fully saturated rings. The number of carbonyl (C=O) groups is 1. The molecule has 1 heterocycles. The predicted molar refractivity (Wildman–Crippen MR) is 136 cm³/mol. The maximum absolute atomic E-state index is 14.6. The zero-order chi connectivity index (χ0) is 22.4. The van der Waals surface area contributed by atoms with E-state index in [-0.39, 0.29) is 5.82 Å². The number of hydrogen-bond donors (Lipinski definition) is 0. The zero-order valence-electron chi connectivity index (χ0n) is 18.7. The molecule has 0 unspecified atom stereocenters. The minimum Gasteiger partial charge on any atom is -0.267 e. The third-order valence-electron chi connectivity index (χ3n) is 8.35. The van der Waals surface area contributed by atoms with Gasteiger partial charge >= 0.3 is 0 Å². The lowest BCUT2D eigenvalue weighted by atomic mass is 9.93. The van der Waals surface area contributed by atoms with Crippen molar-refractivity contribution in [2.45, 2.75) is 52.6 Å². The highest BCUT2D eigenvalue weighted by molar-refractivity contribution is 9.10. The van der Waals surface area contributed by atoms with E-state index in [1.807, 2.05) is 19.1 Å². The number of rotatable bonds is 2. The molecule has 0 saturated carbocycles. The maximum atomic E-state index is 14.6. The van der Waals surface area contributed by atoms with E-state index >= 15 is 0 Å². The Morgan fingerprint density at radius 2 is 1.73 bits per heavy atom. The molecule has 1 radical (unpaired) electrons. The fourth-order valence-electron chi connectivity index (χ4n) is 5.37. The summed E-state index contributed by atoms with van der Waals surface area (Å²) >= 11 is 3.96. The fourth-order valence-corrected chi connectivity index (χ4v) is 41.8. The summed E-state index contributed by atoms with van der Waals surface area (Å²) in [7, 11) is -5.38. The molecule has 1 aliphatic heterocycles. The summed E-state index contributed by atoms with van der Waals surface area (Å²) in [5.41, 5.74) is 13.1. The van der Waals surface area contributed by atoms with E-state index in [4.69, 9.17) is 5.73 Å². The Kier molecular flexibility index (Phi) is 4.83. The minimum absolute atomic E-state index is 0.190. The number of hydrogen-bond acceptors (Lipinski definition) is 1. The molecule has 0 aromatic heterocycles. The van der Waals surface area contributed by atoms with Crippen molar-refractivity contribution in [3.63, 3.8) is 0 Å². The van der Waals surface area contributed by atoms with E-state index in [9.17, 15) is 9.18 Å². The van der Waals surface area contributed by atoms with Gasteiger partial charge in [-0.1, -0.05) is 72.9 Å². The van der Waals surface area contributed by atoms with Gasteiger partial charge in [0, 0.05) is 17.1 Å². The summed E-state index contributed by atoms with van der Waals surface area (Å²) in [6.07, 6.45) is 2.66. The number of amides is 1. The van der Waals surface area contributed by atoms with Gasteiger partial charge in [-0.2, -0.15) is 0 Å². The van der Waals surface area contributed by atoms with E-state index in [1.54, 1.807) is 0 Å². The molecular weight excluding hydrogens is 489 g/mol. The summed E-state index contributed by atoms with van der Waals surface area (Å²) in [5, 5.41) is 2.55. The molecule has 7 heteroatoms. The molecule has 0 atom stereocenters. The first-order valence-corrected chi connectivity index (χ1v) is 22.1. The summed E-state index contributed by atoms with van der Waals surface area (Å²) in [6.45, 7) is 16.9. The first-order valence-electron chi connectivity index (χ1n) is 10.4. The zero-order valence-corrected chi connectivity index (χ0v) is 23.3. The Morgan fingerprint density at radius 3 is 2.33 bits per heavy atom. The maximum Gasteiger partial charge on any atom is 0.270 e. The number of benzene rings is 2. The molecule has 2 aliphatic rings. The monoisotopic (exact) mass is 516 g/mol. The molecule has 30 heavy (non-hydrogen) atoms. The van der Waals surface area contributed by atoms with Gasteiger partial charge < -0.3 is 0 Å². The smallest absolute Gasteiger partial charge is 0.267 e. The molecule has 0 saturated heterocycles. The predicted octanol–water partition coefficient (Wildman–Crippen LogP) is 5.35. The van der Waals surface area contributed by atoms with Crippen LogP contribution in [0.2, 0.25) is 39.3 Å². The Bertz CT molecular complexity index is 1170. The highest BCUT2D eigenvalue weighted by atomic mass is 79.9. The summed E-state index contributed by atoms with van der Waals surface area (Å²) in [5.74, 6) is -0.836. The minimum atomic E-state index is -1.95. The normalized spacial score (nSPS) is 20.0. The second kappa shape index (κ2) is 6.60. The fraction of sp³-hybridized carbons (Fsp3) is 0.348. The van der Waals surface area contributed by atoms with E-state index in [0.717, 1.165) is 26.7 Å². The van der Waals surface area contributed by atoms with E-state index in [2.05, 4.69) is 61.3 Å². The van der Waals surface area contributed by atoms with Crippen molar-refractivity contribution in [2.24, 2.45) is 0 Å². The van der Waals surface area contributed by atoms with Crippen LogP contribution in [0, 0.1) is 5.82 Å². The van der Waals surface area contributed by atoms with Gasteiger partial charge in [-0.05, 0) is 58.1 Å². The van der Waals surface area contributed by atoms with Crippen molar-refractivity contribution in [2.75, 3.05) is 0 Å². The number of fused-ring (bicyclic) bond motifs is 3. The Balaban J connectivity index is 2.21. The van der Waals surface area contributed by atoms with Crippen molar-refractivity contribution >= 4 is 60.6 Å². The Morgan fingerprint density at radius 1 is 1.10 bits per heavy atom. The van der Waals surface area contributed by atoms with E-state index < -0.39 is 28.2 Å². The van der Waals surface area contributed by atoms with Crippen molar-refractivity contribution < 1.29 is 9.18 Å². The van der Waals surface area contributed by atoms with Gasteiger partial charge in [0.1, 0.15) is 5.82 Å². The summed E-state index contributed by atoms with van der Waals surface area (Å²) < 4.78 is 15.8. The molecule has 0 spiro atoms. The highest BCUT2D eigenvalue weighted by Crippen LogP contribution is 2.43. The SMILES string of the molecule is CC1=Cc2c(-c3c(C([NH])=O)cc4c(Br)c3[Si](C)(C)[Si](C)(C)[Si]4(C)C)ccc(F)c2C1. The van der Waals surface area contributed by atoms with Gasteiger partial charge in [0.05, 0.1) is 15.2 Å². The van der Waals surface area contributed by atoms with Crippen LogP contribution in [-0.4, -0.2) is 28.2 Å². The van der Waals surface area contributed by atoms with Gasteiger partial charge in [0.2, 0.25) is 0 Å². The van der Waals surface area contributed by atoms with Crippen LogP contribution in [0.1, 0.15) is 28.4 Å². The standard InChI is InChI=1S/C23H28BrFNOSi3/c1-13-10-15-14(8-9-18(25)16(15)11-13)20-17(23(26)27)12-19-21(24)22(20)29(4,5)30(6,7)28(19,2)3/h8-10,12,26H,11H2,1-7H3. The second-order valence-corrected chi connectivity index (χ2v) is 38.5. The van der Waals surface area contributed by atoms with Crippen LogP contribution in [-0.2, 0) is 6.42 Å². The average molecular weight is 518 g/mol. The van der Waals surface area contributed by atoms with Crippen LogP contribution in [0.3, 0.4) is 0 Å². The molecule has 4 rings (SSSR count). The molecule has 2 bridgehead atoms. The van der Waals surface area contributed by atoms with E-state index in [1.165, 1.54) is 16.4 Å². The largest absolute Gasteiger partial charge is 0.270 e.